The lowest BCUT2D eigenvalue weighted by Gasteiger charge is -2.40. The quantitative estimate of drug-likeness (QED) is 0.778. The lowest BCUT2D eigenvalue weighted by Crippen LogP contribution is -2.51. The molecule has 1 rings (SSSR count). The second-order valence-corrected chi connectivity index (χ2v) is 6.47. The Balaban J connectivity index is 2.62. The molecule has 1 aliphatic rings. The summed E-state index contributed by atoms with van der Waals surface area (Å²) in [6, 6.07) is -0.0477. The molecule has 1 aliphatic carbocycles. The molecule has 2 unspecified atom stereocenters. The van der Waals surface area contributed by atoms with Crippen LogP contribution in [0.2, 0.25) is 0 Å². The van der Waals surface area contributed by atoms with Crippen molar-refractivity contribution in [3.63, 3.8) is 0 Å². The first kappa shape index (κ1) is 14.5. The number of carboxylic acids is 1. The lowest BCUT2D eigenvalue weighted by atomic mass is 9.73. The molecule has 0 aliphatic heterocycles. The molecular formula is C14H27NO2. The third-order valence-electron chi connectivity index (χ3n) is 3.91. The number of aliphatic carboxylic acids is 1. The fourth-order valence-electron chi connectivity index (χ4n) is 2.76. The Labute approximate surface area is 105 Å². The standard InChI is InChI=1S/C14H27NO2/c1-10(2)9-11(13(16)17)15-12-7-5-6-8-14(12,3)4/h10-12,15H,5-9H2,1-4H3,(H,16,17). The van der Waals surface area contributed by atoms with E-state index in [4.69, 9.17) is 0 Å². The zero-order valence-corrected chi connectivity index (χ0v) is 11.6. The summed E-state index contributed by atoms with van der Waals surface area (Å²) >= 11 is 0. The minimum Gasteiger partial charge on any atom is -0.480 e. The number of rotatable bonds is 5. The van der Waals surface area contributed by atoms with Crippen molar-refractivity contribution in [2.45, 2.75) is 71.9 Å². The zero-order chi connectivity index (χ0) is 13.1. The molecule has 0 aromatic heterocycles. The highest BCUT2D eigenvalue weighted by Gasteiger charge is 2.34. The number of hydrogen-bond donors (Lipinski definition) is 2. The Morgan fingerprint density at radius 3 is 2.53 bits per heavy atom. The number of nitrogens with one attached hydrogen (secondary N) is 1. The number of hydrogen-bond acceptors (Lipinski definition) is 2. The first-order valence-electron chi connectivity index (χ1n) is 6.82. The van der Waals surface area contributed by atoms with E-state index in [0.717, 1.165) is 6.42 Å². The molecule has 1 saturated carbocycles. The third kappa shape index (κ3) is 4.30. The van der Waals surface area contributed by atoms with Gasteiger partial charge in [-0.3, -0.25) is 4.79 Å². The molecule has 2 N–H and O–H groups in total. The van der Waals surface area contributed by atoms with Crippen LogP contribution in [-0.4, -0.2) is 23.2 Å². The monoisotopic (exact) mass is 241 g/mol. The van der Waals surface area contributed by atoms with E-state index in [-0.39, 0.29) is 5.41 Å². The van der Waals surface area contributed by atoms with Gasteiger partial charge in [0.1, 0.15) is 6.04 Å². The van der Waals surface area contributed by atoms with E-state index in [2.05, 4.69) is 33.0 Å². The van der Waals surface area contributed by atoms with E-state index < -0.39 is 12.0 Å². The van der Waals surface area contributed by atoms with Crippen molar-refractivity contribution in [2.75, 3.05) is 0 Å². The molecule has 17 heavy (non-hydrogen) atoms. The largest absolute Gasteiger partial charge is 0.480 e. The van der Waals surface area contributed by atoms with Crippen molar-refractivity contribution in [1.29, 1.82) is 0 Å². The van der Waals surface area contributed by atoms with E-state index >= 15 is 0 Å². The number of carbonyl (C=O) groups is 1. The molecule has 0 aromatic rings. The van der Waals surface area contributed by atoms with E-state index in [1.54, 1.807) is 0 Å². The molecule has 0 amide bonds. The van der Waals surface area contributed by atoms with Gasteiger partial charge < -0.3 is 10.4 Å². The van der Waals surface area contributed by atoms with Crippen molar-refractivity contribution >= 4 is 5.97 Å². The van der Waals surface area contributed by atoms with Gasteiger partial charge in [0.05, 0.1) is 0 Å². The van der Waals surface area contributed by atoms with Crippen molar-refractivity contribution in [2.24, 2.45) is 11.3 Å². The lowest BCUT2D eigenvalue weighted by molar-refractivity contribution is -0.140. The average Bonchev–Trinajstić information content (AvgIpc) is 2.18. The predicted molar refractivity (Wildman–Crippen MR) is 70.1 cm³/mol. The van der Waals surface area contributed by atoms with Gasteiger partial charge in [-0.25, -0.2) is 0 Å². The zero-order valence-electron chi connectivity index (χ0n) is 11.6. The van der Waals surface area contributed by atoms with Gasteiger partial charge in [0.15, 0.2) is 0 Å². The van der Waals surface area contributed by atoms with Gasteiger partial charge in [-0.1, -0.05) is 40.5 Å². The van der Waals surface area contributed by atoms with Gasteiger partial charge in [0.2, 0.25) is 0 Å². The first-order chi connectivity index (χ1) is 7.83. The predicted octanol–water partition coefficient (Wildman–Crippen LogP) is 3.04. The van der Waals surface area contributed by atoms with Crippen LogP contribution in [0.4, 0.5) is 0 Å². The fraction of sp³-hybridized carbons (Fsp3) is 0.929. The Bertz CT molecular complexity index is 261. The average molecular weight is 241 g/mol. The minimum atomic E-state index is -0.708. The summed E-state index contributed by atoms with van der Waals surface area (Å²) in [6.07, 6.45) is 5.50. The molecule has 100 valence electrons. The van der Waals surface area contributed by atoms with Crippen LogP contribution in [0.1, 0.15) is 59.8 Å². The van der Waals surface area contributed by atoms with Crippen LogP contribution < -0.4 is 5.32 Å². The molecule has 3 nitrogen and oxygen atoms in total. The van der Waals surface area contributed by atoms with E-state index in [1.807, 2.05) is 0 Å². The third-order valence-corrected chi connectivity index (χ3v) is 3.91. The Hall–Kier alpha value is -0.570. The second-order valence-electron chi connectivity index (χ2n) is 6.47. The van der Waals surface area contributed by atoms with Crippen LogP contribution >= 0.6 is 0 Å². The molecule has 0 aromatic carbocycles. The number of carboxylic acid groups (broad SMARTS) is 1. The van der Waals surface area contributed by atoms with Gasteiger partial charge in [0, 0.05) is 6.04 Å². The van der Waals surface area contributed by atoms with Crippen molar-refractivity contribution in [3.05, 3.63) is 0 Å². The summed E-state index contributed by atoms with van der Waals surface area (Å²) in [6.45, 7) is 8.64. The molecule has 0 radical (unpaired) electrons. The SMILES string of the molecule is CC(C)CC(NC1CCCCC1(C)C)C(=O)O. The van der Waals surface area contributed by atoms with Crippen molar-refractivity contribution in [1.82, 2.24) is 5.32 Å². The minimum absolute atomic E-state index is 0.225. The van der Waals surface area contributed by atoms with Gasteiger partial charge in [-0.05, 0) is 30.6 Å². The maximum Gasteiger partial charge on any atom is 0.320 e. The summed E-state index contributed by atoms with van der Waals surface area (Å²) in [5.41, 5.74) is 0.225. The van der Waals surface area contributed by atoms with Crippen LogP contribution in [-0.2, 0) is 4.79 Å². The molecule has 0 bridgehead atoms. The van der Waals surface area contributed by atoms with E-state index in [9.17, 15) is 9.90 Å². The van der Waals surface area contributed by atoms with Gasteiger partial charge >= 0.3 is 5.97 Å². The highest BCUT2D eigenvalue weighted by molar-refractivity contribution is 5.73. The smallest absolute Gasteiger partial charge is 0.320 e. The summed E-state index contributed by atoms with van der Waals surface area (Å²) in [7, 11) is 0. The van der Waals surface area contributed by atoms with Crippen LogP contribution in [0.25, 0.3) is 0 Å². The maximum absolute atomic E-state index is 11.3. The Morgan fingerprint density at radius 1 is 1.41 bits per heavy atom. The van der Waals surface area contributed by atoms with Gasteiger partial charge in [-0.15, -0.1) is 0 Å². The highest BCUT2D eigenvalue weighted by Crippen LogP contribution is 2.35. The molecule has 1 fully saturated rings. The molecule has 0 saturated heterocycles. The van der Waals surface area contributed by atoms with Crippen LogP contribution in [0, 0.1) is 11.3 Å². The fourth-order valence-corrected chi connectivity index (χ4v) is 2.76. The van der Waals surface area contributed by atoms with Crippen LogP contribution in [0.15, 0.2) is 0 Å². The van der Waals surface area contributed by atoms with Crippen molar-refractivity contribution in [3.8, 4) is 0 Å². The summed E-state index contributed by atoms with van der Waals surface area (Å²) in [5.74, 6) is -0.296. The molecule has 0 heterocycles. The maximum atomic E-state index is 11.3. The van der Waals surface area contributed by atoms with Gasteiger partial charge in [0.25, 0.3) is 0 Å². The molecule has 3 heteroatoms. The van der Waals surface area contributed by atoms with Crippen LogP contribution in [0.5, 0.6) is 0 Å². The Morgan fingerprint density at radius 2 is 2.06 bits per heavy atom. The highest BCUT2D eigenvalue weighted by atomic mass is 16.4. The summed E-state index contributed by atoms with van der Waals surface area (Å²) in [4.78, 5) is 11.3. The molecule has 0 spiro atoms. The topological polar surface area (TPSA) is 49.3 Å². The molecular weight excluding hydrogens is 214 g/mol. The second kappa shape index (κ2) is 5.85. The van der Waals surface area contributed by atoms with E-state index in [0.29, 0.717) is 18.4 Å². The summed E-state index contributed by atoms with van der Waals surface area (Å²) < 4.78 is 0. The van der Waals surface area contributed by atoms with Gasteiger partial charge in [-0.2, -0.15) is 0 Å². The van der Waals surface area contributed by atoms with Crippen molar-refractivity contribution < 1.29 is 9.90 Å². The molecule has 2 atom stereocenters. The van der Waals surface area contributed by atoms with E-state index in [1.165, 1.54) is 19.3 Å². The summed E-state index contributed by atoms with van der Waals surface area (Å²) in [5, 5.41) is 12.6. The normalized spacial score (nSPS) is 25.8. The van der Waals surface area contributed by atoms with Crippen LogP contribution in [0.3, 0.4) is 0 Å². The first-order valence-corrected chi connectivity index (χ1v) is 6.82. The Kier molecular flexibility index (Phi) is 4.99.